The van der Waals surface area contributed by atoms with Gasteiger partial charge in [-0.3, -0.25) is 9.48 Å². The maximum absolute atomic E-state index is 11.9. The Kier molecular flexibility index (Phi) is 4.47. The number of esters is 1. The van der Waals surface area contributed by atoms with Crippen molar-refractivity contribution in [2.45, 2.75) is 27.0 Å². The van der Waals surface area contributed by atoms with Gasteiger partial charge in [-0.05, 0) is 19.9 Å². The Bertz CT molecular complexity index is 650. The van der Waals surface area contributed by atoms with Crippen LogP contribution in [0.4, 0.5) is 5.69 Å². The molecule has 2 aromatic rings. The second kappa shape index (κ2) is 6.30. The van der Waals surface area contributed by atoms with E-state index in [9.17, 15) is 4.79 Å². The summed E-state index contributed by atoms with van der Waals surface area (Å²) in [5.41, 5.74) is 8.73. The van der Waals surface area contributed by atoms with E-state index in [4.69, 9.17) is 15.2 Å². The predicted octanol–water partition coefficient (Wildman–Crippen LogP) is 1.83. The second-order valence-corrected chi connectivity index (χ2v) is 4.71. The summed E-state index contributed by atoms with van der Waals surface area (Å²) in [6, 6.07) is 7.41. The molecule has 1 aromatic heterocycles. The van der Waals surface area contributed by atoms with Crippen LogP contribution in [0.1, 0.15) is 17.0 Å². The lowest BCUT2D eigenvalue weighted by Crippen LogP contribution is -2.16. The van der Waals surface area contributed by atoms with E-state index >= 15 is 0 Å². The summed E-state index contributed by atoms with van der Waals surface area (Å²) in [4.78, 5) is 11.9. The van der Waals surface area contributed by atoms with Crippen LogP contribution in [0.15, 0.2) is 24.3 Å². The van der Waals surface area contributed by atoms with Gasteiger partial charge in [0.15, 0.2) is 0 Å². The number of methoxy groups -OCH3 is 1. The highest BCUT2D eigenvalue weighted by Gasteiger charge is 2.13. The fourth-order valence-corrected chi connectivity index (χ4v) is 2.01. The number of aromatic nitrogens is 2. The topological polar surface area (TPSA) is 79.4 Å². The van der Waals surface area contributed by atoms with Crippen molar-refractivity contribution < 1.29 is 14.3 Å². The predicted molar refractivity (Wildman–Crippen MR) is 78.9 cm³/mol. The lowest BCUT2D eigenvalue weighted by Gasteiger charge is -2.09. The van der Waals surface area contributed by atoms with Gasteiger partial charge in [-0.15, -0.1) is 0 Å². The van der Waals surface area contributed by atoms with Gasteiger partial charge in [0.1, 0.15) is 18.9 Å². The van der Waals surface area contributed by atoms with Crippen LogP contribution in [0.2, 0.25) is 0 Å². The fourth-order valence-electron chi connectivity index (χ4n) is 2.01. The minimum absolute atomic E-state index is 0.0407. The maximum Gasteiger partial charge on any atom is 0.328 e. The standard InChI is InChI=1S/C15H19N3O3/c1-10-15(16)11(2)18(17-10)8-14(19)21-9-12-6-4-5-7-13(12)20-3/h4-7H,8-9,16H2,1-3H3. The van der Waals surface area contributed by atoms with Crippen LogP contribution in [0.5, 0.6) is 5.75 Å². The van der Waals surface area contributed by atoms with Crippen LogP contribution in [-0.4, -0.2) is 22.9 Å². The Morgan fingerprint density at radius 2 is 2.05 bits per heavy atom. The molecule has 0 bridgehead atoms. The Balaban J connectivity index is 1.97. The van der Waals surface area contributed by atoms with E-state index in [1.165, 1.54) is 0 Å². The molecule has 0 aliphatic rings. The smallest absolute Gasteiger partial charge is 0.328 e. The summed E-state index contributed by atoms with van der Waals surface area (Å²) < 4.78 is 12.0. The molecule has 1 heterocycles. The molecule has 6 nitrogen and oxygen atoms in total. The van der Waals surface area contributed by atoms with Gasteiger partial charge < -0.3 is 15.2 Å². The van der Waals surface area contributed by atoms with E-state index in [-0.39, 0.29) is 19.1 Å². The number of hydrogen-bond acceptors (Lipinski definition) is 5. The van der Waals surface area contributed by atoms with Crippen LogP contribution >= 0.6 is 0 Å². The van der Waals surface area contributed by atoms with Crippen molar-refractivity contribution in [3.63, 3.8) is 0 Å². The van der Waals surface area contributed by atoms with Crippen molar-refractivity contribution in [1.29, 1.82) is 0 Å². The van der Waals surface area contributed by atoms with Gasteiger partial charge in [0, 0.05) is 5.56 Å². The zero-order valence-corrected chi connectivity index (χ0v) is 12.4. The normalized spacial score (nSPS) is 10.4. The number of anilines is 1. The summed E-state index contributed by atoms with van der Waals surface area (Å²) in [6.07, 6.45) is 0. The number of carbonyl (C=O) groups excluding carboxylic acids is 1. The summed E-state index contributed by atoms with van der Waals surface area (Å²) in [7, 11) is 1.58. The van der Waals surface area contributed by atoms with Crippen LogP contribution in [0.3, 0.4) is 0 Å². The van der Waals surface area contributed by atoms with E-state index < -0.39 is 0 Å². The van der Waals surface area contributed by atoms with Crippen molar-refractivity contribution >= 4 is 11.7 Å². The Labute approximate surface area is 123 Å². The zero-order valence-electron chi connectivity index (χ0n) is 12.4. The second-order valence-electron chi connectivity index (χ2n) is 4.71. The SMILES string of the molecule is COc1ccccc1COC(=O)Cn1nc(C)c(N)c1C. The molecule has 0 unspecified atom stereocenters. The van der Waals surface area contributed by atoms with E-state index in [1.54, 1.807) is 18.7 Å². The van der Waals surface area contributed by atoms with Gasteiger partial charge in [0.05, 0.1) is 24.2 Å². The van der Waals surface area contributed by atoms with Gasteiger partial charge >= 0.3 is 5.97 Å². The number of carbonyl (C=O) groups is 1. The maximum atomic E-state index is 11.9. The Morgan fingerprint density at radius 3 is 2.67 bits per heavy atom. The summed E-state index contributed by atoms with van der Waals surface area (Å²) in [6.45, 7) is 3.83. The average Bonchev–Trinajstić information content (AvgIpc) is 2.72. The molecule has 6 heteroatoms. The van der Waals surface area contributed by atoms with E-state index in [0.717, 1.165) is 11.3 Å². The molecule has 21 heavy (non-hydrogen) atoms. The van der Waals surface area contributed by atoms with Crippen molar-refractivity contribution in [1.82, 2.24) is 9.78 Å². The van der Waals surface area contributed by atoms with Gasteiger partial charge in [-0.25, -0.2) is 0 Å². The quantitative estimate of drug-likeness (QED) is 0.849. The van der Waals surface area contributed by atoms with Gasteiger partial charge in [-0.1, -0.05) is 18.2 Å². The first-order chi connectivity index (χ1) is 10.0. The summed E-state index contributed by atoms with van der Waals surface area (Å²) >= 11 is 0. The average molecular weight is 289 g/mol. The fraction of sp³-hybridized carbons (Fsp3) is 0.333. The lowest BCUT2D eigenvalue weighted by atomic mass is 10.2. The zero-order chi connectivity index (χ0) is 15.4. The van der Waals surface area contributed by atoms with Gasteiger partial charge in [0.25, 0.3) is 0 Å². The van der Waals surface area contributed by atoms with Gasteiger partial charge in [0.2, 0.25) is 0 Å². The molecule has 0 atom stereocenters. The molecule has 0 saturated heterocycles. The van der Waals surface area contributed by atoms with Crippen LogP contribution < -0.4 is 10.5 Å². The van der Waals surface area contributed by atoms with Crippen molar-refractivity contribution in [2.24, 2.45) is 0 Å². The van der Waals surface area contributed by atoms with Crippen molar-refractivity contribution in [2.75, 3.05) is 12.8 Å². The summed E-state index contributed by atoms with van der Waals surface area (Å²) in [5.74, 6) is 0.326. The highest BCUT2D eigenvalue weighted by Crippen LogP contribution is 2.18. The highest BCUT2D eigenvalue weighted by atomic mass is 16.5. The molecule has 0 aliphatic carbocycles. The van der Waals surface area contributed by atoms with Crippen molar-refractivity contribution in [3.05, 3.63) is 41.2 Å². The third kappa shape index (κ3) is 3.34. The molecule has 0 saturated carbocycles. The molecular formula is C15H19N3O3. The molecule has 0 fully saturated rings. The summed E-state index contributed by atoms with van der Waals surface area (Å²) in [5, 5.41) is 4.20. The number of ether oxygens (including phenoxy) is 2. The van der Waals surface area contributed by atoms with Crippen LogP contribution in [0, 0.1) is 13.8 Å². The molecule has 0 aliphatic heterocycles. The van der Waals surface area contributed by atoms with E-state index in [0.29, 0.717) is 17.1 Å². The van der Waals surface area contributed by atoms with E-state index in [1.807, 2.05) is 31.2 Å². The molecule has 1 aromatic carbocycles. The number of nitrogen functional groups attached to an aromatic ring is 1. The molecule has 0 spiro atoms. The highest BCUT2D eigenvalue weighted by molar-refractivity contribution is 5.69. The van der Waals surface area contributed by atoms with Crippen LogP contribution in [0.25, 0.3) is 0 Å². The minimum atomic E-state index is -0.369. The van der Waals surface area contributed by atoms with Crippen molar-refractivity contribution in [3.8, 4) is 5.75 Å². The molecule has 0 radical (unpaired) electrons. The lowest BCUT2D eigenvalue weighted by molar-refractivity contribution is -0.145. The Hall–Kier alpha value is -2.50. The third-order valence-corrected chi connectivity index (χ3v) is 3.30. The van der Waals surface area contributed by atoms with Crippen LogP contribution in [-0.2, 0) is 22.7 Å². The largest absolute Gasteiger partial charge is 0.496 e. The number of hydrogen-bond donors (Lipinski definition) is 1. The number of rotatable bonds is 5. The first kappa shape index (κ1) is 14.9. The van der Waals surface area contributed by atoms with E-state index in [2.05, 4.69) is 5.10 Å². The Morgan fingerprint density at radius 1 is 1.33 bits per heavy atom. The molecule has 2 N–H and O–H groups in total. The number of aryl methyl sites for hydroxylation is 1. The molecule has 0 amide bonds. The third-order valence-electron chi connectivity index (χ3n) is 3.30. The number of nitrogens with two attached hydrogens (primary N) is 1. The minimum Gasteiger partial charge on any atom is -0.496 e. The first-order valence-corrected chi connectivity index (χ1v) is 6.60. The number of nitrogens with zero attached hydrogens (tertiary/aromatic N) is 2. The van der Waals surface area contributed by atoms with Gasteiger partial charge in [-0.2, -0.15) is 5.10 Å². The molecular weight excluding hydrogens is 270 g/mol. The number of benzene rings is 1. The number of para-hydroxylation sites is 1. The molecule has 2 rings (SSSR count). The first-order valence-electron chi connectivity index (χ1n) is 6.60. The monoisotopic (exact) mass is 289 g/mol. The molecule has 112 valence electrons.